The molecular weight excluding hydrogens is 204 g/mol. The molecular formula is C8H12N2O5. The number of aromatic nitrogens is 2. The normalized spacial score (nSPS) is 23.8. The maximum atomic E-state index is 11.2. The number of fused-ring (bicyclic) bond motifs is 1. The number of aliphatic hydroxyl groups is 1. The second kappa shape index (κ2) is 3.44. The number of nitrogens with zero attached hydrogens (tertiary/aromatic N) is 2. The summed E-state index contributed by atoms with van der Waals surface area (Å²) in [6, 6.07) is 0. The van der Waals surface area contributed by atoms with E-state index in [4.69, 9.17) is 9.47 Å². The molecule has 7 heteroatoms. The van der Waals surface area contributed by atoms with E-state index in [1.54, 1.807) is 0 Å². The zero-order chi connectivity index (χ0) is 11.1. The topological polar surface area (TPSA) is 91.7 Å². The van der Waals surface area contributed by atoms with Crippen molar-refractivity contribution in [1.29, 1.82) is 0 Å². The molecule has 1 aliphatic carbocycles. The zero-order valence-electron chi connectivity index (χ0n) is 8.47. The average Bonchev–Trinajstić information content (AvgIpc) is 2.62. The zero-order valence-corrected chi connectivity index (χ0v) is 8.47. The summed E-state index contributed by atoms with van der Waals surface area (Å²) in [6.07, 6.45) is -0.124. The van der Waals surface area contributed by atoms with Crippen LogP contribution < -0.4 is 4.90 Å². The highest BCUT2D eigenvalue weighted by Gasteiger charge is 2.52. The molecule has 0 amide bonds. The number of hydrogen-bond donors (Lipinski definition) is 1. The molecule has 1 N–H and O–H groups in total. The van der Waals surface area contributed by atoms with E-state index in [2.05, 4.69) is 9.79 Å². The monoisotopic (exact) mass is 216 g/mol. The van der Waals surface area contributed by atoms with Gasteiger partial charge in [-0.25, -0.2) is 0 Å². The minimum atomic E-state index is -1.40. The SMILES string of the molecule is COC1(OC)c2no[n+]([O-])c2CC[C@H]1O. The second-order valence-corrected chi connectivity index (χ2v) is 3.36. The van der Waals surface area contributed by atoms with Gasteiger partial charge in [0.2, 0.25) is 5.69 Å². The first-order chi connectivity index (χ1) is 7.15. The van der Waals surface area contributed by atoms with Crippen LogP contribution in [0.15, 0.2) is 4.63 Å². The Bertz CT molecular complexity index is 360. The Morgan fingerprint density at radius 1 is 1.60 bits per heavy atom. The first kappa shape index (κ1) is 10.3. The number of aliphatic hydroxyl groups excluding tert-OH is 1. The van der Waals surface area contributed by atoms with Gasteiger partial charge in [0.25, 0.3) is 11.5 Å². The third-order valence-electron chi connectivity index (χ3n) is 2.73. The highest BCUT2D eigenvalue weighted by molar-refractivity contribution is 5.17. The van der Waals surface area contributed by atoms with Gasteiger partial charge in [0, 0.05) is 25.8 Å². The van der Waals surface area contributed by atoms with Crippen LogP contribution in [0.3, 0.4) is 0 Å². The Kier molecular flexibility index (Phi) is 2.37. The summed E-state index contributed by atoms with van der Waals surface area (Å²) < 4.78 is 14.7. The Hall–Kier alpha value is -1.18. The fourth-order valence-electron chi connectivity index (χ4n) is 1.91. The molecule has 0 fully saturated rings. The third kappa shape index (κ3) is 1.24. The van der Waals surface area contributed by atoms with E-state index in [0.29, 0.717) is 23.4 Å². The fourth-order valence-corrected chi connectivity index (χ4v) is 1.91. The molecule has 0 bridgehead atoms. The van der Waals surface area contributed by atoms with Gasteiger partial charge in [-0.3, -0.25) is 4.63 Å². The summed E-state index contributed by atoms with van der Waals surface area (Å²) in [6.45, 7) is 0. The van der Waals surface area contributed by atoms with Gasteiger partial charge in [0.1, 0.15) is 6.10 Å². The summed E-state index contributed by atoms with van der Waals surface area (Å²) in [4.78, 5) is 0.313. The van der Waals surface area contributed by atoms with Crippen LogP contribution >= 0.6 is 0 Å². The van der Waals surface area contributed by atoms with E-state index in [9.17, 15) is 10.3 Å². The molecule has 0 saturated heterocycles. The number of hydrogen-bond acceptors (Lipinski definition) is 6. The highest BCUT2D eigenvalue weighted by Crippen LogP contribution is 2.36. The Balaban J connectivity index is 2.54. The Labute approximate surface area is 85.7 Å². The minimum Gasteiger partial charge on any atom is -0.387 e. The molecule has 2 rings (SSSR count). The van der Waals surface area contributed by atoms with Crippen LogP contribution in [0.5, 0.6) is 0 Å². The molecule has 0 spiro atoms. The van der Waals surface area contributed by atoms with Crippen molar-refractivity contribution >= 4 is 0 Å². The molecule has 7 nitrogen and oxygen atoms in total. The molecule has 1 atom stereocenters. The van der Waals surface area contributed by atoms with Gasteiger partial charge >= 0.3 is 0 Å². The lowest BCUT2D eigenvalue weighted by molar-refractivity contribution is -0.808. The molecule has 1 heterocycles. The second-order valence-electron chi connectivity index (χ2n) is 3.36. The lowest BCUT2D eigenvalue weighted by Crippen LogP contribution is -2.48. The highest BCUT2D eigenvalue weighted by atomic mass is 16.8. The predicted molar refractivity (Wildman–Crippen MR) is 45.5 cm³/mol. The molecule has 0 unspecified atom stereocenters. The molecule has 15 heavy (non-hydrogen) atoms. The van der Waals surface area contributed by atoms with Crippen LogP contribution in [-0.2, 0) is 21.7 Å². The van der Waals surface area contributed by atoms with Crippen LogP contribution in [0.2, 0.25) is 0 Å². The van der Waals surface area contributed by atoms with Crippen molar-refractivity contribution in [3.05, 3.63) is 16.6 Å². The summed E-state index contributed by atoms with van der Waals surface area (Å²) in [7, 11) is 2.76. The number of rotatable bonds is 2. The quantitative estimate of drug-likeness (QED) is 0.506. The van der Waals surface area contributed by atoms with Crippen LogP contribution in [0.4, 0.5) is 0 Å². The summed E-state index contributed by atoms with van der Waals surface area (Å²) in [5.74, 6) is -1.40. The third-order valence-corrected chi connectivity index (χ3v) is 2.73. The van der Waals surface area contributed by atoms with E-state index in [1.165, 1.54) is 14.2 Å². The van der Waals surface area contributed by atoms with Crippen molar-refractivity contribution < 1.29 is 24.1 Å². The molecule has 1 aromatic heterocycles. The van der Waals surface area contributed by atoms with E-state index >= 15 is 0 Å². The molecule has 0 radical (unpaired) electrons. The van der Waals surface area contributed by atoms with E-state index in [-0.39, 0.29) is 5.69 Å². The van der Waals surface area contributed by atoms with Crippen LogP contribution in [-0.4, -0.2) is 30.6 Å². The van der Waals surface area contributed by atoms with Gasteiger partial charge in [0.05, 0.1) is 0 Å². The van der Waals surface area contributed by atoms with Gasteiger partial charge in [-0.05, 0) is 11.3 Å². The van der Waals surface area contributed by atoms with E-state index < -0.39 is 11.9 Å². The van der Waals surface area contributed by atoms with Crippen molar-refractivity contribution in [2.75, 3.05) is 14.2 Å². The predicted octanol–water partition coefficient (Wildman–Crippen LogP) is -0.939. The van der Waals surface area contributed by atoms with Crippen LogP contribution in [0, 0.1) is 5.21 Å². The number of methoxy groups -OCH3 is 2. The molecule has 1 aliphatic rings. The van der Waals surface area contributed by atoms with E-state index in [0.717, 1.165) is 0 Å². The molecule has 84 valence electrons. The van der Waals surface area contributed by atoms with Gasteiger partial charge in [-0.2, -0.15) is 0 Å². The van der Waals surface area contributed by atoms with Gasteiger partial charge in [0.15, 0.2) is 0 Å². The van der Waals surface area contributed by atoms with Crippen LogP contribution in [0.25, 0.3) is 0 Å². The van der Waals surface area contributed by atoms with Crippen molar-refractivity contribution in [3.63, 3.8) is 0 Å². The maximum Gasteiger partial charge on any atom is 0.283 e. The first-order valence-corrected chi connectivity index (χ1v) is 4.53. The largest absolute Gasteiger partial charge is 0.387 e. The van der Waals surface area contributed by atoms with Crippen molar-refractivity contribution in [3.8, 4) is 0 Å². The van der Waals surface area contributed by atoms with E-state index in [1.807, 2.05) is 0 Å². The standard InChI is InChI=1S/C8H12N2O5/c1-13-8(14-2)6(11)4-3-5-7(8)9-15-10(5)12/h6,11H,3-4H2,1-2H3/t6-/m1/s1. The lowest BCUT2D eigenvalue weighted by Gasteiger charge is -2.33. The fraction of sp³-hybridized carbons (Fsp3) is 0.750. The Morgan fingerprint density at radius 2 is 2.27 bits per heavy atom. The van der Waals surface area contributed by atoms with Crippen LogP contribution in [0.1, 0.15) is 17.8 Å². The Morgan fingerprint density at radius 3 is 2.87 bits per heavy atom. The van der Waals surface area contributed by atoms with Gasteiger partial charge in [-0.15, -0.1) is 0 Å². The smallest absolute Gasteiger partial charge is 0.283 e. The first-order valence-electron chi connectivity index (χ1n) is 4.53. The number of ether oxygens (including phenoxy) is 2. The van der Waals surface area contributed by atoms with Crippen molar-refractivity contribution in [2.45, 2.75) is 24.7 Å². The molecule has 0 aliphatic heterocycles. The van der Waals surface area contributed by atoms with Crippen molar-refractivity contribution in [1.82, 2.24) is 5.16 Å². The minimum absolute atomic E-state index is 0.209. The lowest BCUT2D eigenvalue weighted by atomic mass is 9.92. The summed E-state index contributed by atoms with van der Waals surface area (Å²) in [5.41, 5.74) is 0.547. The molecule has 1 aromatic rings. The van der Waals surface area contributed by atoms with Crippen molar-refractivity contribution in [2.24, 2.45) is 0 Å². The summed E-state index contributed by atoms with van der Waals surface area (Å²) in [5, 5.41) is 24.6. The van der Waals surface area contributed by atoms with Gasteiger partial charge < -0.3 is 19.8 Å². The van der Waals surface area contributed by atoms with Gasteiger partial charge in [-0.1, -0.05) is 0 Å². The maximum absolute atomic E-state index is 11.2. The average molecular weight is 216 g/mol. The molecule has 0 aromatic carbocycles. The summed E-state index contributed by atoms with van der Waals surface area (Å²) >= 11 is 0. The molecule has 0 saturated carbocycles.